The van der Waals surface area contributed by atoms with E-state index in [4.69, 9.17) is 15.5 Å². The summed E-state index contributed by atoms with van der Waals surface area (Å²) in [5, 5.41) is 14.9. The smallest absolute Gasteiger partial charge is 0.238 e. The molecule has 7 heteroatoms. The summed E-state index contributed by atoms with van der Waals surface area (Å²) in [5.41, 5.74) is 8.86. The van der Waals surface area contributed by atoms with Crippen LogP contribution < -0.4 is 10.5 Å². The predicted molar refractivity (Wildman–Crippen MR) is 119 cm³/mol. The molecule has 1 fully saturated rings. The second-order valence-electron chi connectivity index (χ2n) is 8.22. The summed E-state index contributed by atoms with van der Waals surface area (Å²) in [6.07, 6.45) is 3.78. The van der Waals surface area contributed by atoms with E-state index in [1.807, 2.05) is 61.5 Å². The van der Waals surface area contributed by atoms with Crippen LogP contribution in [0.25, 0.3) is 16.8 Å². The van der Waals surface area contributed by atoms with Crippen molar-refractivity contribution in [1.82, 2.24) is 19.6 Å². The molecule has 1 aliphatic carbocycles. The molecule has 7 nitrogen and oxygen atoms in total. The van der Waals surface area contributed by atoms with Gasteiger partial charge >= 0.3 is 0 Å². The standard InChI is InChI=1S/C24H25N5O2/c1-2-24(30)12-18(13-24)22-27-21(20-14-26-23(25)28-29(20)22)17-9-6-10-19(11-17)31-15-16-7-4-3-5-8-16/h3-11,14,18,30H,2,12-13,15H2,1H3,(H2,25,28). The summed E-state index contributed by atoms with van der Waals surface area (Å²) in [5.74, 6) is 1.91. The molecule has 158 valence electrons. The molecule has 2 heterocycles. The van der Waals surface area contributed by atoms with Crippen molar-refractivity contribution in [2.75, 3.05) is 5.73 Å². The number of rotatable bonds is 6. The third-order valence-electron chi connectivity index (χ3n) is 6.07. The Kier molecular flexibility index (Phi) is 4.82. The van der Waals surface area contributed by atoms with Crippen LogP contribution in [-0.4, -0.2) is 30.3 Å². The first-order valence-electron chi connectivity index (χ1n) is 10.6. The number of anilines is 1. The molecular weight excluding hydrogens is 390 g/mol. The monoisotopic (exact) mass is 415 g/mol. The Morgan fingerprint density at radius 1 is 1.16 bits per heavy atom. The lowest BCUT2D eigenvalue weighted by Gasteiger charge is -2.42. The van der Waals surface area contributed by atoms with Crippen molar-refractivity contribution in [3.05, 3.63) is 72.2 Å². The Morgan fingerprint density at radius 3 is 2.74 bits per heavy atom. The molecule has 0 bridgehead atoms. The molecule has 2 aromatic heterocycles. The van der Waals surface area contributed by atoms with Gasteiger partial charge in [-0.2, -0.15) is 0 Å². The minimum atomic E-state index is -0.611. The lowest BCUT2D eigenvalue weighted by molar-refractivity contribution is -0.0538. The van der Waals surface area contributed by atoms with Crippen LogP contribution in [0.5, 0.6) is 5.75 Å². The Hall–Kier alpha value is -3.45. The maximum Gasteiger partial charge on any atom is 0.238 e. The zero-order valence-electron chi connectivity index (χ0n) is 17.4. The number of nitrogen functional groups attached to an aromatic ring is 1. The number of imidazole rings is 1. The maximum atomic E-state index is 10.5. The number of hydrogen-bond donors (Lipinski definition) is 2. The van der Waals surface area contributed by atoms with Crippen LogP contribution in [0.2, 0.25) is 0 Å². The van der Waals surface area contributed by atoms with Crippen LogP contribution >= 0.6 is 0 Å². The van der Waals surface area contributed by atoms with Gasteiger partial charge in [0.15, 0.2) is 0 Å². The van der Waals surface area contributed by atoms with E-state index in [0.29, 0.717) is 19.4 Å². The molecule has 2 aromatic carbocycles. The van der Waals surface area contributed by atoms with E-state index < -0.39 is 5.60 Å². The Morgan fingerprint density at radius 2 is 1.97 bits per heavy atom. The molecule has 0 saturated heterocycles. The first kappa shape index (κ1) is 19.5. The summed E-state index contributed by atoms with van der Waals surface area (Å²) in [4.78, 5) is 9.10. The van der Waals surface area contributed by atoms with Gasteiger partial charge in [0, 0.05) is 11.5 Å². The van der Waals surface area contributed by atoms with Crippen molar-refractivity contribution in [1.29, 1.82) is 0 Å². The number of aromatic nitrogens is 4. The van der Waals surface area contributed by atoms with E-state index in [2.05, 4.69) is 10.1 Å². The van der Waals surface area contributed by atoms with Gasteiger partial charge in [-0.3, -0.25) is 0 Å². The second-order valence-corrected chi connectivity index (χ2v) is 8.22. The highest BCUT2D eigenvalue weighted by Gasteiger charge is 2.44. The van der Waals surface area contributed by atoms with Gasteiger partial charge < -0.3 is 15.6 Å². The zero-order chi connectivity index (χ0) is 21.4. The first-order valence-corrected chi connectivity index (χ1v) is 10.6. The topological polar surface area (TPSA) is 98.6 Å². The molecule has 1 saturated carbocycles. The largest absolute Gasteiger partial charge is 0.489 e. The molecular formula is C24H25N5O2. The van der Waals surface area contributed by atoms with Crippen molar-refractivity contribution in [3.8, 4) is 17.0 Å². The first-order chi connectivity index (χ1) is 15.0. The van der Waals surface area contributed by atoms with Gasteiger partial charge in [0.1, 0.15) is 23.7 Å². The molecule has 1 aliphatic rings. The molecule has 0 unspecified atom stereocenters. The van der Waals surface area contributed by atoms with E-state index in [9.17, 15) is 5.11 Å². The number of nitrogens with zero attached hydrogens (tertiary/aromatic N) is 4. The average molecular weight is 415 g/mol. The average Bonchev–Trinajstić information content (AvgIpc) is 3.15. The number of ether oxygens (including phenoxy) is 1. The molecule has 0 spiro atoms. The Balaban J connectivity index is 1.47. The van der Waals surface area contributed by atoms with Crippen molar-refractivity contribution in [3.63, 3.8) is 0 Å². The summed E-state index contributed by atoms with van der Waals surface area (Å²) in [6, 6.07) is 17.9. The van der Waals surface area contributed by atoms with Crippen LogP contribution in [0.15, 0.2) is 60.8 Å². The van der Waals surface area contributed by atoms with Crippen molar-refractivity contribution < 1.29 is 9.84 Å². The molecule has 4 aromatic rings. The van der Waals surface area contributed by atoms with Crippen LogP contribution in [-0.2, 0) is 6.61 Å². The Labute approximate surface area is 180 Å². The summed E-state index contributed by atoms with van der Waals surface area (Å²) < 4.78 is 7.77. The third kappa shape index (κ3) is 3.72. The van der Waals surface area contributed by atoms with Gasteiger partial charge in [-0.25, -0.2) is 14.5 Å². The van der Waals surface area contributed by atoms with E-state index >= 15 is 0 Å². The molecule has 5 rings (SSSR count). The predicted octanol–water partition coefficient (Wildman–Crippen LogP) is 3.97. The van der Waals surface area contributed by atoms with Gasteiger partial charge in [0.25, 0.3) is 0 Å². The molecule has 0 aliphatic heterocycles. The van der Waals surface area contributed by atoms with Crippen LogP contribution in [0.4, 0.5) is 5.95 Å². The minimum Gasteiger partial charge on any atom is -0.489 e. The highest BCUT2D eigenvalue weighted by Crippen LogP contribution is 2.46. The van der Waals surface area contributed by atoms with E-state index in [-0.39, 0.29) is 11.9 Å². The molecule has 31 heavy (non-hydrogen) atoms. The summed E-state index contributed by atoms with van der Waals surface area (Å²) >= 11 is 0. The normalized spacial score (nSPS) is 20.5. The maximum absolute atomic E-state index is 10.5. The van der Waals surface area contributed by atoms with Crippen molar-refractivity contribution >= 4 is 11.5 Å². The third-order valence-corrected chi connectivity index (χ3v) is 6.07. The van der Waals surface area contributed by atoms with E-state index in [1.54, 1.807) is 10.7 Å². The summed E-state index contributed by atoms with van der Waals surface area (Å²) in [6.45, 7) is 2.50. The summed E-state index contributed by atoms with van der Waals surface area (Å²) in [7, 11) is 0. The van der Waals surface area contributed by atoms with Crippen LogP contribution in [0.1, 0.15) is 43.5 Å². The van der Waals surface area contributed by atoms with Gasteiger partial charge in [0.2, 0.25) is 5.95 Å². The van der Waals surface area contributed by atoms with Gasteiger partial charge in [-0.15, -0.1) is 5.10 Å². The van der Waals surface area contributed by atoms with Crippen LogP contribution in [0.3, 0.4) is 0 Å². The van der Waals surface area contributed by atoms with E-state index in [1.165, 1.54) is 0 Å². The minimum absolute atomic E-state index is 0.137. The van der Waals surface area contributed by atoms with Gasteiger partial charge in [0.05, 0.1) is 17.5 Å². The molecule has 3 N–H and O–H groups in total. The Bertz CT molecular complexity index is 1220. The zero-order valence-corrected chi connectivity index (χ0v) is 17.4. The van der Waals surface area contributed by atoms with Crippen molar-refractivity contribution in [2.24, 2.45) is 0 Å². The number of aliphatic hydroxyl groups is 1. The molecule has 0 atom stereocenters. The molecule has 0 radical (unpaired) electrons. The van der Waals surface area contributed by atoms with Gasteiger partial charge in [-0.05, 0) is 37.0 Å². The second kappa shape index (κ2) is 7.67. The van der Waals surface area contributed by atoms with Crippen LogP contribution in [0, 0.1) is 0 Å². The quantitative estimate of drug-likeness (QED) is 0.494. The highest BCUT2D eigenvalue weighted by atomic mass is 16.5. The van der Waals surface area contributed by atoms with E-state index in [0.717, 1.165) is 40.3 Å². The number of nitrogens with two attached hydrogens (primary N) is 1. The lowest BCUT2D eigenvalue weighted by atomic mass is 9.69. The molecule has 0 amide bonds. The number of fused-ring (bicyclic) bond motifs is 1. The fourth-order valence-corrected chi connectivity index (χ4v) is 4.20. The fourth-order valence-electron chi connectivity index (χ4n) is 4.20. The lowest BCUT2D eigenvalue weighted by Crippen LogP contribution is -2.42. The number of hydrogen-bond acceptors (Lipinski definition) is 6. The number of benzene rings is 2. The fraction of sp³-hybridized carbons (Fsp3) is 0.292. The highest BCUT2D eigenvalue weighted by molar-refractivity contribution is 5.77. The van der Waals surface area contributed by atoms with Gasteiger partial charge in [-0.1, -0.05) is 49.4 Å². The SMILES string of the molecule is CCC1(O)CC(c2nc(-c3cccc(OCc4ccccc4)c3)c3cnc(N)nn23)C1. The van der Waals surface area contributed by atoms with Crippen molar-refractivity contribution in [2.45, 2.75) is 44.3 Å².